The average molecular weight is 275 g/mol. The zero-order valence-electron chi connectivity index (χ0n) is 12.0. The number of hydrogen-bond donors (Lipinski definition) is 2. The Labute approximate surface area is 119 Å². The minimum Gasteiger partial charge on any atom is -0.384 e. The summed E-state index contributed by atoms with van der Waals surface area (Å²) in [5, 5.41) is 5.98. The third-order valence-electron chi connectivity index (χ3n) is 3.44. The molecule has 0 aromatic heterocycles. The first-order valence-corrected chi connectivity index (χ1v) is 7.08. The van der Waals surface area contributed by atoms with Crippen LogP contribution in [-0.4, -0.2) is 42.9 Å². The molecule has 1 heterocycles. The van der Waals surface area contributed by atoms with Gasteiger partial charge in [0.15, 0.2) is 0 Å². The maximum absolute atomic E-state index is 12.4. The monoisotopic (exact) mass is 275 g/mol. The smallest absolute Gasteiger partial charge is 0.254 e. The van der Waals surface area contributed by atoms with E-state index in [-0.39, 0.29) is 18.4 Å². The van der Waals surface area contributed by atoms with Gasteiger partial charge >= 0.3 is 0 Å². The predicted molar refractivity (Wildman–Crippen MR) is 78.9 cm³/mol. The predicted octanol–water partition coefficient (Wildman–Crippen LogP) is 1.25. The van der Waals surface area contributed by atoms with Crippen LogP contribution in [0, 0.1) is 0 Å². The molecular weight excluding hydrogens is 254 g/mol. The molecule has 1 aromatic carbocycles. The number of likely N-dealkylation sites (N-methyl/N-ethyl adjacent to an activating group) is 2. The van der Waals surface area contributed by atoms with Crippen molar-refractivity contribution in [3.63, 3.8) is 0 Å². The molecule has 2 rings (SSSR count). The Hall–Kier alpha value is -2.04. The molecule has 0 aliphatic carbocycles. The van der Waals surface area contributed by atoms with Crippen LogP contribution < -0.4 is 10.6 Å². The molecule has 0 fully saturated rings. The Kier molecular flexibility index (Phi) is 4.61. The fraction of sp³-hybridized carbons (Fsp3) is 0.467. The minimum atomic E-state index is -0.123. The van der Waals surface area contributed by atoms with Crippen molar-refractivity contribution in [3.05, 3.63) is 29.3 Å². The van der Waals surface area contributed by atoms with E-state index >= 15 is 0 Å². The molecule has 0 atom stereocenters. The molecule has 5 heteroatoms. The topological polar surface area (TPSA) is 61.4 Å². The summed E-state index contributed by atoms with van der Waals surface area (Å²) < 4.78 is 0. The average Bonchev–Trinajstić information content (AvgIpc) is 2.91. The fourth-order valence-corrected chi connectivity index (χ4v) is 2.36. The van der Waals surface area contributed by atoms with Crippen molar-refractivity contribution in [1.82, 2.24) is 10.2 Å². The number of hydrogen-bond acceptors (Lipinski definition) is 3. The van der Waals surface area contributed by atoms with Crippen molar-refractivity contribution < 1.29 is 9.59 Å². The lowest BCUT2D eigenvalue weighted by Gasteiger charge is -2.20. The van der Waals surface area contributed by atoms with Crippen molar-refractivity contribution in [2.45, 2.75) is 20.3 Å². The Morgan fingerprint density at radius 3 is 2.85 bits per heavy atom. The van der Waals surface area contributed by atoms with Crippen molar-refractivity contribution in [2.75, 3.05) is 31.5 Å². The van der Waals surface area contributed by atoms with Gasteiger partial charge in [0, 0.05) is 30.9 Å². The van der Waals surface area contributed by atoms with Crippen molar-refractivity contribution >= 4 is 17.5 Å². The Bertz CT molecular complexity index is 514. The van der Waals surface area contributed by atoms with Gasteiger partial charge in [0.25, 0.3) is 5.91 Å². The van der Waals surface area contributed by atoms with Gasteiger partial charge in [-0.25, -0.2) is 0 Å². The molecule has 1 aliphatic heterocycles. The van der Waals surface area contributed by atoms with E-state index in [0.717, 1.165) is 18.7 Å². The van der Waals surface area contributed by atoms with Gasteiger partial charge in [-0.05, 0) is 38.0 Å². The van der Waals surface area contributed by atoms with E-state index in [2.05, 4.69) is 10.6 Å². The molecule has 2 amide bonds. The molecule has 0 radical (unpaired) electrons. The molecule has 0 saturated carbocycles. The van der Waals surface area contributed by atoms with Crippen LogP contribution in [0.2, 0.25) is 0 Å². The number of rotatable bonds is 5. The highest BCUT2D eigenvalue weighted by molar-refractivity contribution is 5.97. The zero-order chi connectivity index (χ0) is 14.5. The van der Waals surface area contributed by atoms with Gasteiger partial charge in [-0.2, -0.15) is 0 Å². The fourth-order valence-electron chi connectivity index (χ4n) is 2.36. The van der Waals surface area contributed by atoms with Crippen molar-refractivity contribution in [3.8, 4) is 0 Å². The van der Waals surface area contributed by atoms with Crippen LogP contribution in [0.4, 0.5) is 5.69 Å². The number of fused-ring (bicyclic) bond motifs is 1. The summed E-state index contributed by atoms with van der Waals surface area (Å²) in [6.07, 6.45) is 1.00. The van der Waals surface area contributed by atoms with Crippen molar-refractivity contribution in [1.29, 1.82) is 0 Å². The maximum Gasteiger partial charge on any atom is 0.254 e. The number of carbonyl (C=O) groups is 2. The number of amides is 2. The highest BCUT2D eigenvalue weighted by Gasteiger charge is 2.19. The summed E-state index contributed by atoms with van der Waals surface area (Å²) in [7, 11) is 0. The number of nitrogens with zero attached hydrogens (tertiary/aromatic N) is 1. The lowest BCUT2D eigenvalue weighted by molar-refractivity contribution is -0.121. The zero-order valence-corrected chi connectivity index (χ0v) is 12.0. The van der Waals surface area contributed by atoms with E-state index in [4.69, 9.17) is 0 Å². The number of anilines is 1. The van der Waals surface area contributed by atoms with Gasteiger partial charge in [-0.3, -0.25) is 9.59 Å². The van der Waals surface area contributed by atoms with E-state index in [9.17, 15) is 9.59 Å². The van der Waals surface area contributed by atoms with E-state index in [1.165, 1.54) is 5.56 Å². The Morgan fingerprint density at radius 1 is 1.35 bits per heavy atom. The Balaban J connectivity index is 2.10. The van der Waals surface area contributed by atoms with E-state index in [0.29, 0.717) is 18.7 Å². The quantitative estimate of drug-likeness (QED) is 0.850. The SMILES string of the molecule is CCNC(=O)CN(CC)C(=O)c1ccc2c(c1)NCC2. The molecule has 5 nitrogen and oxygen atoms in total. The second kappa shape index (κ2) is 6.41. The summed E-state index contributed by atoms with van der Waals surface area (Å²) in [6, 6.07) is 5.71. The van der Waals surface area contributed by atoms with Gasteiger partial charge in [-0.1, -0.05) is 6.07 Å². The lowest BCUT2D eigenvalue weighted by atomic mass is 10.1. The van der Waals surface area contributed by atoms with E-state index in [1.54, 1.807) is 4.90 Å². The molecule has 0 bridgehead atoms. The van der Waals surface area contributed by atoms with Crippen LogP contribution in [0.3, 0.4) is 0 Å². The van der Waals surface area contributed by atoms with Crippen LogP contribution in [0.1, 0.15) is 29.8 Å². The number of nitrogens with one attached hydrogen (secondary N) is 2. The molecule has 0 spiro atoms. The van der Waals surface area contributed by atoms with Gasteiger partial charge in [0.05, 0.1) is 6.54 Å². The van der Waals surface area contributed by atoms with Crippen LogP contribution in [-0.2, 0) is 11.2 Å². The highest BCUT2D eigenvalue weighted by atomic mass is 16.2. The first kappa shape index (κ1) is 14.4. The largest absolute Gasteiger partial charge is 0.384 e. The highest BCUT2D eigenvalue weighted by Crippen LogP contribution is 2.23. The van der Waals surface area contributed by atoms with Gasteiger partial charge in [-0.15, -0.1) is 0 Å². The normalized spacial score (nSPS) is 12.5. The second-order valence-electron chi connectivity index (χ2n) is 4.82. The summed E-state index contributed by atoms with van der Waals surface area (Å²) >= 11 is 0. The summed E-state index contributed by atoms with van der Waals surface area (Å²) in [4.78, 5) is 25.6. The first-order valence-electron chi connectivity index (χ1n) is 7.08. The molecule has 108 valence electrons. The van der Waals surface area contributed by atoms with Crippen LogP contribution in [0.15, 0.2) is 18.2 Å². The summed E-state index contributed by atoms with van der Waals surface area (Å²) in [5.74, 6) is -0.225. The molecule has 0 saturated heterocycles. The molecule has 1 aliphatic rings. The van der Waals surface area contributed by atoms with Crippen molar-refractivity contribution in [2.24, 2.45) is 0 Å². The third kappa shape index (κ3) is 3.10. The molecule has 2 N–H and O–H groups in total. The molecular formula is C15H21N3O2. The second-order valence-corrected chi connectivity index (χ2v) is 4.82. The Morgan fingerprint density at radius 2 is 2.15 bits per heavy atom. The van der Waals surface area contributed by atoms with E-state index < -0.39 is 0 Å². The van der Waals surface area contributed by atoms with Gasteiger partial charge in [0.1, 0.15) is 0 Å². The molecule has 20 heavy (non-hydrogen) atoms. The number of carbonyl (C=O) groups excluding carboxylic acids is 2. The van der Waals surface area contributed by atoms with Crippen LogP contribution in [0.5, 0.6) is 0 Å². The molecule has 0 unspecified atom stereocenters. The first-order chi connectivity index (χ1) is 9.65. The third-order valence-corrected chi connectivity index (χ3v) is 3.44. The minimum absolute atomic E-state index is 0.102. The van der Waals surface area contributed by atoms with Gasteiger partial charge in [0.2, 0.25) is 5.91 Å². The summed E-state index contributed by atoms with van der Waals surface area (Å²) in [6.45, 7) is 5.86. The lowest BCUT2D eigenvalue weighted by Crippen LogP contribution is -2.40. The van der Waals surface area contributed by atoms with Crippen LogP contribution >= 0.6 is 0 Å². The van der Waals surface area contributed by atoms with Crippen LogP contribution in [0.25, 0.3) is 0 Å². The maximum atomic E-state index is 12.4. The standard InChI is InChI=1S/C15H21N3O2/c1-3-16-14(19)10-18(4-2)15(20)12-6-5-11-7-8-17-13(11)9-12/h5-6,9,17H,3-4,7-8,10H2,1-2H3,(H,16,19). The van der Waals surface area contributed by atoms with E-state index in [1.807, 2.05) is 32.0 Å². The van der Waals surface area contributed by atoms with Gasteiger partial charge < -0.3 is 15.5 Å². The molecule has 1 aromatic rings. The number of benzene rings is 1. The summed E-state index contributed by atoms with van der Waals surface area (Å²) in [5.41, 5.74) is 2.91.